The summed E-state index contributed by atoms with van der Waals surface area (Å²) in [5.41, 5.74) is 1.70. The minimum Gasteiger partial charge on any atom is -0.550 e. The lowest BCUT2D eigenvalue weighted by atomic mass is 9.77. The van der Waals surface area contributed by atoms with Crippen molar-refractivity contribution in [1.82, 2.24) is 4.90 Å². The van der Waals surface area contributed by atoms with Gasteiger partial charge in [0, 0.05) is 18.4 Å². The third kappa shape index (κ3) is 2.18. The summed E-state index contributed by atoms with van der Waals surface area (Å²) >= 11 is 0. The smallest absolute Gasteiger partial charge is 0.230 e. The Kier molecular flexibility index (Phi) is 3.46. The molecule has 128 valence electrons. The summed E-state index contributed by atoms with van der Waals surface area (Å²) in [6.07, 6.45) is 8.35. The lowest BCUT2D eigenvalue weighted by Crippen LogP contribution is -2.45. The first-order valence-electron chi connectivity index (χ1n) is 8.61. The van der Waals surface area contributed by atoms with Gasteiger partial charge in [-0.25, -0.2) is 0 Å². The number of carboxylic acid groups (broad SMARTS) is 1. The topological polar surface area (TPSA) is 69.7 Å². The van der Waals surface area contributed by atoms with E-state index in [0.717, 1.165) is 19.3 Å². The number of hydrogen-bond donors (Lipinski definition) is 0. The van der Waals surface area contributed by atoms with E-state index in [4.69, 9.17) is 4.74 Å². The largest absolute Gasteiger partial charge is 0.550 e. The van der Waals surface area contributed by atoms with Crippen molar-refractivity contribution in [2.24, 2.45) is 17.8 Å². The quantitative estimate of drug-likeness (QED) is 0.717. The molecular weight excluding hydrogens is 306 g/mol. The van der Waals surface area contributed by atoms with Crippen LogP contribution < -0.4 is 5.11 Å². The Balaban J connectivity index is 1.50. The van der Waals surface area contributed by atoms with Crippen molar-refractivity contribution in [2.75, 3.05) is 13.1 Å². The molecule has 0 N–H and O–H groups in total. The lowest BCUT2D eigenvalue weighted by molar-refractivity contribution is -0.313. The van der Waals surface area contributed by atoms with Crippen LogP contribution in [0.15, 0.2) is 36.0 Å². The minimum atomic E-state index is -1.19. The molecule has 1 amide bonds. The zero-order valence-corrected chi connectivity index (χ0v) is 13.9. The van der Waals surface area contributed by atoms with Gasteiger partial charge >= 0.3 is 0 Å². The molecular formula is C19H22NO4-. The van der Waals surface area contributed by atoms with E-state index in [-0.39, 0.29) is 5.91 Å². The number of likely N-dealkylation sites (tertiary alicyclic amines) is 1. The SMILES string of the molecule is C=C(C)[C@@H]1CC=C(CN2C[C@@]34C=C[C@@H](O3)[C@@H](C(=O)[O-])[C@@H]4C2=O)CC1. The van der Waals surface area contributed by atoms with Crippen LogP contribution in [-0.4, -0.2) is 41.6 Å². The molecule has 5 atom stereocenters. The highest BCUT2D eigenvalue weighted by Gasteiger charge is 2.65. The highest BCUT2D eigenvalue weighted by atomic mass is 16.5. The van der Waals surface area contributed by atoms with Crippen LogP contribution in [0.25, 0.3) is 0 Å². The van der Waals surface area contributed by atoms with Crippen LogP contribution in [0.2, 0.25) is 0 Å². The van der Waals surface area contributed by atoms with Crippen molar-refractivity contribution in [2.45, 2.75) is 37.9 Å². The second-order valence-electron chi connectivity index (χ2n) is 7.59. The van der Waals surface area contributed by atoms with E-state index >= 15 is 0 Å². The molecule has 1 spiro atoms. The van der Waals surface area contributed by atoms with Crippen molar-refractivity contribution in [3.8, 4) is 0 Å². The Bertz CT molecular complexity index is 679. The summed E-state index contributed by atoms with van der Waals surface area (Å²) in [6, 6.07) is 0. The Morgan fingerprint density at radius 3 is 2.96 bits per heavy atom. The van der Waals surface area contributed by atoms with E-state index in [1.807, 2.05) is 6.08 Å². The fraction of sp³-hybridized carbons (Fsp3) is 0.579. The van der Waals surface area contributed by atoms with Crippen molar-refractivity contribution >= 4 is 11.9 Å². The summed E-state index contributed by atoms with van der Waals surface area (Å²) < 4.78 is 5.87. The molecule has 0 aromatic carbocycles. The van der Waals surface area contributed by atoms with Gasteiger partial charge in [0.25, 0.3) is 0 Å². The van der Waals surface area contributed by atoms with Crippen molar-refractivity contribution in [1.29, 1.82) is 0 Å². The maximum absolute atomic E-state index is 12.8. The van der Waals surface area contributed by atoms with Gasteiger partial charge < -0.3 is 19.5 Å². The predicted molar refractivity (Wildman–Crippen MR) is 85.5 cm³/mol. The van der Waals surface area contributed by atoms with E-state index in [1.54, 1.807) is 11.0 Å². The van der Waals surface area contributed by atoms with Crippen molar-refractivity contribution in [3.05, 3.63) is 36.0 Å². The van der Waals surface area contributed by atoms with Gasteiger partial charge in [-0.05, 0) is 32.1 Å². The first-order valence-corrected chi connectivity index (χ1v) is 8.61. The molecule has 24 heavy (non-hydrogen) atoms. The number of hydrogen-bond acceptors (Lipinski definition) is 4. The van der Waals surface area contributed by atoms with Crippen LogP contribution in [0, 0.1) is 17.8 Å². The summed E-state index contributed by atoms with van der Waals surface area (Å²) in [5, 5.41) is 11.5. The Hall–Kier alpha value is -1.88. The second-order valence-corrected chi connectivity index (χ2v) is 7.59. The van der Waals surface area contributed by atoms with Crippen molar-refractivity contribution < 1.29 is 19.4 Å². The molecule has 4 rings (SSSR count). The lowest BCUT2D eigenvalue weighted by Gasteiger charge is -2.27. The number of rotatable bonds is 4. The van der Waals surface area contributed by atoms with Crippen LogP contribution in [0.5, 0.6) is 0 Å². The molecule has 0 radical (unpaired) electrons. The molecule has 3 aliphatic heterocycles. The zero-order valence-electron chi connectivity index (χ0n) is 13.9. The van der Waals surface area contributed by atoms with Gasteiger partial charge in [-0.15, -0.1) is 0 Å². The summed E-state index contributed by atoms with van der Waals surface area (Å²) in [4.78, 5) is 26.0. The fourth-order valence-electron chi connectivity index (χ4n) is 4.71. The molecule has 0 unspecified atom stereocenters. The van der Waals surface area contributed by atoms with E-state index in [1.165, 1.54) is 11.1 Å². The van der Waals surface area contributed by atoms with Gasteiger partial charge in [-0.3, -0.25) is 4.79 Å². The third-order valence-electron chi connectivity index (χ3n) is 6.05. The van der Waals surface area contributed by atoms with Gasteiger partial charge in [-0.1, -0.05) is 36.0 Å². The van der Waals surface area contributed by atoms with E-state index in [9.17, 15) is 14.7 Å². The molecule has 0 saturated carbocycles. The average Bonchev–Trinajstić information content (AvgIpc) is 3.16. The van der Waals surface area contributed by atoms with Crippen LogP contribution in [0.3, 0.4) is 0 Å². The highest BCUT2D eigenvalue weighted by Crippen LogP contribution is 2.51. The first kappa shape index (κ1) is 15.6. The van der Waals surface area contributed by atoms with Gasteiger partial charge in [0.05, 0.1) is 18.6 Å². The zero-order chi connectivity index (χ0) is 17.1. The summed E-state index contributed by atoms with van der Waals surface area (Å²) in [7, 11) is 0. The van der Waals surface area contributed by atoms with E-state index in [0.29, 0.717) is 19.0 Å². The van der Waals surface area contributed by atoms with Crippen LogP contribution >= 0.6 is 0 Å². The van der Waals surface area contributed by atoms with Gasteiger partial charge in [-0.2, -0.15) is 0 Å². The summed E-state index contributed by atoms with van der Waals surface area (Å²) in [6.45, 7) is 7.10. The second kappa shape index (κ2) is 5.31. The Morgan fingerprint density at radius 2 is 2.33 bits per heavy atom. The van der Waals surface area contributed by atoms with Crippen LogP contribution in [0.4, 0.5) is 0 Å². The molecule has 2 bridgehead atoms. The van der Waals surface area contributed by atoms with Gasteiger partial charge in [0.2, 0.25) is 5.91 Å². The first-order chi connectivity index (χ1) is 11.4. The minimum absolute atomic E-state index is 0.112. The normalized spacial score (nSPS) is 40.0. The van der Waals surface area contributed by atoms with Crippen LogP contribution in [0.1, 0.15) is 26.2 Å². The third-order valence-corrected chi connectivity index (χ3v) is 6.05. The van der Waals surface area contributed by atoms with E-state index in [2.05, 4.69) is 19.6 Å². The van der Waals surface area contributed by atoms with E-state index < -0.39 is 29.5 Å². The number of carbonyl (C=O) groups is 2. The summed E-state index contributed by atoms with van der Waals surface area (Å²) in [5.74, 6) is -2.26. The standard InChI is InChI=1S/C19H23NO4/c1-11(2)13-5-3-12(4-6-13)9-20-10-19-8-7-14(24-19)15(18(22)23)16(19)17(20)21/h3,7-8,13-16H,1,4-6,9-10H2,2H3,(H,22,23)/p-1/t13-,14-,15-,16-,19-/m1/s1. The number of aliphatic carboxylic acids is 1. The van der Waals surface area contributed by atoms with Gasteiger partial charge in [0.1, 0.15) is 5.60 Å². The molecule has 2 saturated heterocycles. The molecule has 0 aromatic rings. The Morgan fingerprint density at radius 1 is 1.54 bits per heavy atom. The maximum Gasteiger partial charge on any atom is 0.230 e. The number of carbonyl (C=O) groups excluding carboxylic acids is 2. The molecule has 4 aliphatic rings. The molecule has 3 heterocycles. The predicted octanol–water partition coefficient (Wildman–Crippen LogP) is 0.821. The average molecular weight is 328 g/mol. The molecule has 0 aromatic heterocycles. The highest BCUT2D eigenvalue weighted by molar-refractivity contribution is 5.90. The van der Waals surface area contributed by atoms with Crippen LogP contribution in [-0.2, 0) is 14.3 Å². The fourth-order valence-corrected chi connectivity index (χ4v) is 4.71. The van der Waals surface area contributed by atoms with Crippen molar-refractivity contribution in [3.63, 3.8) is 0 Å². The number of fused-ring (bicyclic) bond motifs is 1. The number of allylic oxidation sites excluding steroid dienone is 2. The molecule has 5 heteroatoms. The number of amides is 1. The van der Waals surface area contributed by atoms with Gasteiger partial charge in [0.15, 0.2) is 0 Å². The molecule has 5 nitrogen and oxygen atoms in total. The molecule has 2 fully saturated rings. The number of ether oxygens (including phenoxy) is 1. The maximum atomic E-state index is 12.8. The monoisotopic (exact) mass is 328 g/mol. The molecule has 1 aliphatic carbocycles. The number of nitrogens with zero attached hydrogens (tertiary/aromatic N) is 1. The number of carboxylic acids is 1. The Labute approximate surface area is 141 Å².